The number of urea groups is 1. The van der Waals surface area contributed by atoms with Crippen molar-refractivity contribution in [2.75, 3.05) is 20.3 Å². The van der Waals surface area contributed by atoms with Crippen molar-refractivity contribution in [3.8, 4) is 5.75 Å². The Hall–Kier alpha value is -2.61. The molecule has 0 unspecified atom stereocenters. The van der Waals surface area contributed by atoms with E-state index in [9.17, 15) is 19.5 Å². The summed E-state index contributed by atoms with van der Waals surface area (Å²) in [6.45, 7) is 1.51. The van der Waals surface area contributed by atoms with E-state index in [1.54, 1.807) is 31.2 Å². The van der Waals surface area contributed by atoms with Crippen LogP contribution >= 0.6 is 0 Å². The van der Waals surface area contributed by atoms with Crippen LogP contribution in [-0.2, 0) is 9.53 Å². The van der Waals surface area contributed by atoms with Crippen molar-refractivity contribution in [2.24, 2.45) is 5.92 Å². The van der Waals surface area contributed by atoms with Gasteiger partial charge in [0.05, 0.1) is 19.2 Å². The minimum atomic E-state index is -1.02. The van der Waals surface area contributed by atoms with E-state index >= 15 is 0 Å². The molecule has 2 atom stereocenters. The molecule has 1 saturated heterocycles. The van der Waals surface area contributed by atoms with Crippen molar-refractivity contribution >= 4 is 17.9 Å². The Morgan fingerprint density at radius 2 is 2.00 bits per heavy atom. The fraction of sp³-hybridized carbons (Fsp3) is 0.500. The summed E-state index contributed by atoms with van der Waals surface area (Å²) in [5.74, 6) is -0.122. The van der Waals surface area contributed by atoms with Crippen molar-refractivity contribution in [3.63, 3.8) is 0 Å². The Bertz CT molecular complexity index is 715. The lowest BCUT2D eigenvalue weighted by molar-refractivity contribution is -0.132. The van der Waals surface area contributed by atoms with Gasteiger partial charge in [-0.15, -0.1) is 0 Å². The zero-order valence-corrected chi connectivity index (χ0v) is 14.7. The first-order valence-electron chi connectivity index (χ1n) is 8.48. The molecule has 1 aromatic carbocycles. The van der Waals surface area contributed by atoms with Crippen LogP contribution in [0.5, 0.6) is 5.75 Å². The van der Waals surface area contributed by atoms with Crippen LogP contribution in [0.1, 0.15) is 30.1 Å². The molecule has 26 heavy (non-hydrogen) atoms. The molecule has 1 aliphatic heterocycles. The lowest BCUT2D eigenvalue weighted by Crippen LogP contribution is -2.46. The number of ether oxygens (including phenoxy) is 2. The third kappa shape index (κ3) is 3.50. The number of hydrogen-bond donors (Lipinski definition) is 2. The number of amides is 3. The van der Waals surface area contributed by atoms with Crippen molar-refractivity contribution in [1.82, 2.24) is 10.2 Å². The molecule has 0 radical (unpaired) electrons. The predicted octanol–water partition coefficient (Wildman–Crippen LogP) is 0.933. The van der Waals surface area contributed by atoms with Gasteiger partial charge in [0.1, 0.15) is 24.0 Å². The number of methoxy groups -OCH3 is 1. The summed E-state index contributed by atoms with van der Waals surface area (Å²) >= 11 is 0. The van der Waals surface area contributed by atoms with Crippen LogP contribution in [0, 0.1) is 5.92 Å². The highest BCUT2D eigenvalue weighted by Gasteiger charge is 2.56. The van der Waals surface area contributed by atoms with Crippen LogP contribution in [0.2, 0.25) is 0 Å². The van der Waals surface area contributed by atoms with Crippen LogP contribution in [0.15, 0.2) is 24.3 Å². The fourth-order valence-corrected chi connectivity index (χ4v) is 3.08. The molecule has 1 aliphatic carbocycles. The first kappa shape index (κ1) is 18.2. The summed E-state index contributed by atoms with van der Waals surface area (Å²) in [7, 11) is 1.30. The predicted molar refractivity (Wildman–Crippen MR) is 90.7 cm³/mol. The number of aliphatic hydroxyl groups excluding tert-OH is 1. The molecule has 0 spiro atoms. The highest BCUT2D eigenvalue weighted by Crippen LogP contribution is 2.42. The number of benzene rings is 1. The average Bonchev–Trinajstić information content (AvgIpc) is 3.46. The molecule has 3 rings (SSSR count). The molecule has 2 fully saturated rings. The summed E-state index contributed by atoms with van der Waals surface area (Å²) < 4.78 is 10.1. The molecule has 3 amide bonds. The van der Waals surface area contributed by atoms with Crippen LogP contribution in [0.3, 0.4) is 0 Å². The van der Waals surface area contributed by atoms with E-state index in [0.29, 0.717) is 11.3 Å². The minimum Gasteiger partial charge on any atom is -0.491 e. The molecular weight excluding hydrogens is 340 g/mol. The average molecular weight is 362 g/mol. The van der Waals surface area contributed by atoms with Gasteiger partial charge in [-0.1, -0.05) is 0 Å². The number of carbonyl (C=O) groups excluding carboxylic acids is 3. The fourth-order valence-electron chi connectivity index (χ4n) is 3.08. The Balaban J connectivity index is 1.52. The molecule has 1 aromatic rings. The van der Waals surface area contributed by atoms with E-state index in [-0.39, 0.29) is 25.0 Å². The summed E-state index contributed by atoms with van der Waals surface area (Å²) in [4.78, 5) is 37.0. The first-order valence-corrected chi connectivity index (χ1v) is 8.48. The van der Waals surface area contributed by atoms with Crippen LogP contribution < -0.4 is 10.1 Å². The second-order valence-corrected chi connectivity index (χ2v) is 6.80. The third-order valence-electron chi connectivity index (χ3n) is 4.81. The number of nitrogens with one attached hydrogen (secondary N) is 1. The van der Waals surface area contributed by atoms with Gasteiger partial charge in [0, 0.05) is 0 Å². The SMILES string of the molecule is COC(=O)c1ccc(OC[C@@H](O)CN2C(=O)N[C@](C)(C3CC3)C2=O)cc1. The highest BCUT2D eigenvalue weighted by molar-refractivity contribution is 6.07. The maximum Gasteiger partial charge on any atom is 0.337 e. The zero-order valence-electron chi connectivity index (χ0n) is 14.7. The second-order valence-electron chi connectivity index (χ2n) is 6.80. The van der Waals surface area contributed by atoms with E-state index in [1.807, 2.05) is 0 Å². The molecule has 0 bridgehead atoms. The van der Waals surface area contributed by atoms with Crippen LogP contribution in [0.4, 0.5) is 4.79 Å². The van der Waals surface area contributed by atoms with E-state index in [4.69, 9.17) is 4.74 Å². The van der Waals surface area contributed by atoms with Crippen molar-refractivity contribution in [2.45, 2.75) is 31.4 Å². The molecule has 8 heteroatoms. The maximum absolute atomic E-state index is 12.5. The van der Waals surface area contributed by atoms with Gasteiger partial charge in [0.15, 0.2) is 0 Å². The zero-order chi connectivity index (χ0) is 18.9. The summed E-state index contributed by atoms with van der Waals surface area (Å²) in [5.41, 5.74) is -0.472. The Labute approximate surface area is 151 Å². The van der Waals surface area contributed by atoms with Gasteiger partial charge in [-0.2, -0.15) is 0 Å². The van der Waals surface area contributed by atoms with Crippen molar-refractivity contribution in [1.29, 1.82) is 0 Å². The molecule has 140 valence electrons. The molecular formula is C18H22N2O6. The summed E-state index contributed by atoms with van der Waals surface area (Å²) in [6, 6.07) is 5.78. The largest absolute Gasteiger partial charge is 0.491 e. The number of carbonyl (C=O) groups is 3. The van der Waals surface area contributed by atoms with E-state index in [2.05, 4.69) is 10.1 Å². The van der Waals surface area contributed by atoms with Gasteiger partial charge in [-0.25, -0.2) is 9.59 Å². The second kappa shape index (κ2) is 6.95. The number of rotatable bonds is 7. The number of esters is 1. The van der Waals surface area contributed by atoms with Crippen molar-refractivity contribution < 1.29 is 29.0 Å². The maximum atomic E-state index is 12.5. The molecule has 8 nitrogen and oxygen atoms in total. The molecule has 2 aliphatic rings. The quantitative estimate of drug-likeness (QED) is 0.552. The Morgan fingerprint density at radius 3 is 2.58 bits per heavy atom. The summed E-state index contributed by atoms with van der Waals surface area (Å²) in [6.07, 6.45) is 0.819. The van der Waals surface area contributed by atoms with Crippen LogP contribution in [0.25, 0.3) is 0 Å². The van der Waals surface area contributed by atoms with Gasteiger partial charge in [-0.3, -0.25) is 9.69 Å². The highest BCUT2D eigenvalue weighted by atomic mass is 16.5. The number of imide groups is 1. The number of β-amino-alcohol motifs (C(OH)–C–C–N with tert-alkyl or cyclic N) is 1. The van der Waals surface area contributed by atoms with Crippen molar-refractivity contribution in [3.05, 3.63) is 29.8 Å². The monoisotopic (exact) mass is 362 g/mol. The van der Waals surface area contributed by atoms with Gasteiger partial charge >= 0.3 is 12.0 Å². The molecule has 2 N–H and O–H groups in total. The Kier molecular flexibility index (Phi) is 4.86. The Morgan fingerprint density at radius 1 is 1.35 bits per heavy atom. The normalized spacial score (nSPS) is 23.6. The number of nitrogens with zero attached hydrogens (tertiary/aromatic N) is 1. The molecule has 0 aromatic heterocycles. The first-order chi connectivity index (χ1) is 12.3. The van der Waals surface area contributed by atoms with Gasteiger partial charge < -0.3 is 19.9 Å². The lowest BCUT2D eigenvalue weighted by atomic mass is 9.96. The number of hydrogen-bond acceptors (Lipinski definition) is 6. The van der Waals surface area contributed by atoms with E-state index < -0.39 is 23.6 Å². The smallest absolute Gasteiger partial charge is 0.337 e. The standard InChI is InChI=1S/C18H22N2O6/c1-18(12-5-6-12)16(23)20(17(24)19-18)9-13(21)10-26-14-7-3-11(4-8-14)15(22)25-2/h3-4,7-8,12-13,21H,5-6,9-10H2,1-2H3,(H,19,24)/t13-,18+/m0/s1. The van der Waals surface area contributed by atoms with Crippen LogP contribution in [-0.4, -0.2) is 59.8 Å². The lowest BCUT2D eigenvalue weighted by Gasteiger charge is -2.22. The van der Waals surface area contributed by atoms with Gasteiger partial charge in [-0.05, 0) is 49.9 Å². The molecule has 1 heterocycles. The minimum absolute atomic E-state index is 0.0885. The van der Waals surface area contributed by atoms with E-state index in [1.165, 1.54) is 7.11 Å². The molecule has 1 saturated carbocycles. The van der Waals surface area contributed by atoms with Gasteiger partial charge in [0.2, 0.25) is 0 Å². The third-order valence-corrected chi connectivity index (χ3v) is 4.81. The number of aliphatic hydroxyl groups is 1. The van der Waals surface area contributed by atoms with Gasteiger partial charge in [0.25, 0.3) is 5.91 Å². The topological polar surface area (TPSA) is 105 Å². The van der Waals surface area contributed by atoms with E-state index in [0.717, 1.165) is 17.7 Å². The summed E-state index contributed by atoms with van der Waals surface area (Å²) in [5, 5.41) is 12.9.